The minimum absolute atomic E-state index is 0.204. The molecule has 1 aromatic carbocycles. The van der Waals surface area contributed by atoms with E-state index < -0.39 is 0 Å². The standard InChI is InChI=1S/C19H20N6O3/c1-11-5-6-13(10-15(11)21-19(27)16-4-3-9-28-16)18(26)20-12(2)17-22-23-24-25(17)14-7-8-14/h3-6,9-10,12,14H,7-8H2,1-2H3,(H,20,26)(H,21,27)/t12-/m0/s1. The topological polar surface area (TPSA) is 115 Å². The van der Waals surface area contributed by atoms with E-state index in [0.717, 1.165) is 18.4 Å². The Labute approximate surface area is 161 Å². The maximum Gasteiger partial charge on any atom is 0.291 e. The summed E-state index contributed by atoms with van der Waals surface area (Å²) < 4.78 is 6.88. The molecule has 0 saturated heterocycles. The number of hydrogen-bond donors (Lipinski definition) is 2. The summed E-state index contributed by atoms with van der Waals surface area (Å²) in [6, 6.07) is 8.34. The first kappa shape index (κ1) is 17.9. The highest BCUT2D eigenvalue weighted by molar-refractivity contribution is 6.03. The van der Waals surface area contributed by atoms with Crippen molar-refractivity contribution in [2.24, 2.45) is 0 Å². The van der Waals surface area contributed by atoms with Gasteiger partial charge in [0.1, 0.15) is 0 Å². The fourth-order valence-corrected chi connectivity index (χ4v) is 2.90. The number of amides is 2. The van der Waals surface area contributed by atoms with E-state index in [2.05, 4.69) is 26.2 Å². The molecule has 2 aromatic heterocycles. The zero-order valence-corrected chi connectivity index (χ0v) is 15.5. The first-order valence-electron chi connectivity index (χ1n) is 9.07. The second kappa shape index (κ2) is 7.26. The average Bonchev–Trinajstić information content (AvgIpc) is 3.18. The van der Waals surface area contributed by atoms with E-state index in [1.807, 2.05) is 13.8 Å². The lowest BCUT2D eigenvalue weighted by atomic mass is 10.1. The molecular weight excluding hydrogens is 360 g/mol. The van der Waals surface area contributed by atoms with Crippen LogP contribution in [0, 0.1) is 6.92 Å². The molecule has 3 aromatic rings. The van der Waals surface area contributed by atoms with Gasteiger partial charge < -0.3 is 15.1 Å². The van der Waals surface area contributed by atoms with Crippen molar-refractivity contribution >= 4 is 17.5 Å². The van der Waals surface area contributed by atoms with Gasteiger partial charge in [0.2, 0.25) is 0 Å². The summed E-state index contributed by atoms with van der Waals surface area (Å²) in [5.41, 5.74) is 1.81. The summed E-state index contributed by atoms with van der Waals surface area (Å²) in [5.74, 6) is 0.193. The van der Waals surface area contributed by atoms with Crippen LogP contribution >= 0.6 is 0 Å². The highest BCUT2D eigenvalue weighted by atomic mass is 16.3. The van der Waals surface area contributed by atoms with Gasteiger partial charge in [-0.15, -0.1) is 5.10 Å². The van der Waals surface area contributed by atoms with Crippen LogP contribution in [-0.2, 0) is 0 Å². The number of rotatable bonds is 6. The maximum atomic E-state index is 12.7. The summed E-state index contributed by atoms with van der Waals surface area (Å²) in [6.07, 6.45) is 3.53. The van der Waals surface area contributed by atoms with E-state index in [4.69, 9.17) is 4.42 Å². The summed E-state index contributed by atoms with van der Waals surface area (Å²) in [4.78, 5) is 24.9. The monoisotopic (exact) mass is 380 g/mol. The molecule has 1 atom stereocenters. The first-order chi connectivity index (χ1) is 13.5. The van der Waals surface area contributed by atoms with Gasteiger partial charge in [0.15, 0.2) is 11.6 Å². The van der Waals surface area contributed by atoms with Crippen LogP contribution in [0.2, 0.25) is 0 Å². The molecule has 0 aliphatic heterocycles. The van der Waals surface area contributed by atoms with E-state index in [9.17, 15) is 9.59 Å². The van der Waals surface area contributed by atoms with Gasteiger partial charge in [0.25, 0.3) is 11.8 Å². The molecule has 2 amide bonds. The second-order valence-corrected chi connectivity index (χ2v) is 6.87. The van der Waals surface area contributed by atoms with E-state index in [0.29, 0.717) is 23.1 Å². The summed E-state index contributed by atoms with van der Waals surface area (Å²) in [5, 5.41) is 17.5. The molecule has 1 saturated carbocycles. The number of nitrogens with zero attached hydrogens (tertiary/aromatic N) is 4. The molecule has 2 heterocycles. The van der Waals surface area contributed by atoms with Crippen molar-refractivity contribution < 1.29 is 14.0 Å². The zero-order valence-electron chi connectivity index (χ0n) is 15.5. The van der Waals surface area contributed by atoms with Gasteiger partial charge in [-0.05, 0) is 66.9 Å². The number of anilines is 1. The molecule has 1 aliphatic rings. The SMILES string of the molecule is Cc1ccc(C(=O)N[C@@H](C)c2nnnn2C2CC2)cc1NC(=O)c1ccco1. The van der Waals surface area contributed by atoms with Crippen molar-refractivity contribution in [1.29, 1.82) is 0 Å². The van der Waals surface area contributed by atoms with E-state index in [1.165, 1.54) is 6.26 Å². The van der Waals surface area contributed by atoms with Crippen LogP contribution in [-0.4, -0.2) is 32.0 Å². The lowest BCUT2D eigenvalue weighted by Gasteiger charge is -2.15. The Balaban J connectivity index is 1.48. The summed E-state index contributed by atoms with van der Waals surface area (Å²) >= 11 is 0. The molecule has 0 unspecified atom stereocenters. The molecule has 9 nitrogen and oxygen atoms in total. The van der Waals surface area contributed by atoms with Gasteiger partial charge >= 0.3 is 0 Å². The Bertz CT molecular complexity index is 1010. The Morgan fingerprint density at radius 1 is 1.25 bits per heavy atom. The Morgan fingerprint density at radius 2 is 2.07 bits per heavy atom. The Morgan fingerprint density at radius 3 is 2.79 bits per heavy atom. The number of carbonyl (C=O) groups is 2. The van der Waals surface area contributed by atoms with E-state index in [-0.39, 0.29) is 23.6 Å². The molecule has 9 heteroatoms. The quantitative estimate of drug-likeness (QED) is 0.679. The number of nitrogens with one attached hydrogen (secondary N) is 2. The minimum atomic E-state index is -0.373. The number of aromatic nitrogens is 4. The number of carbonyl (C=O) groups excluding carboxylic acids is 2. The maximum absolute atomic E-state index is 12.7. The molecule has 0 spiro atoms. The van der Waals surface area contributed by atoms with Crippen molar-refractivity contribution in [3.63, 3.8) is 0 Å². The lowest BCUT2D eigenvalue weighted by Crippen LogP contribution is -2.29. The van der Waals surface area contributed by atoms with Crippen LogP contribution in [0.25, 0.3) is 0 Å². The average molecular weight is 380 g/mol. The summed E-state index contributed by atoms with van der Waals surface area (Å²) in [7, 11) is 0. The molecule has 0 bridgehead atoms. The number of tetrazole rings is 1. The fraction of sp³-hybridized carbons (Fsp3) is 0.316. The molecule has 4 rings (SSSR count). The number of hydrogen-bond acceptors (Lipinski definition) is 6. The zero-order chi connectivity index (χ0) is 19.7. The van der Waals surface area contributed by atoms with Crippen LogP contribution in [0.15, 0.2) is 41.0 Å². The van der Waals surface area contributed by atoms with Crippen LogP contribution in [0.4, 0.5) is 5.69 Å². The number of aryl methyl sites for hydroxylation is 1. The van der Waals surface area contributed by atoms with Crippen LogP contribution in [0.3, 0.4) is 0 Å². The predicted molar refractivity (Wildman–Crippen MR) is 99.8 cm³/mol. The number of furan rings is 1. The molecule has 2 N–H and O–H groups in total. The smallest absolute Gasteiger partial charge is 0.291 e. The largest absolute Gasteiger partial charge is 0.459 e. The third kappa shape index (κ3) is 3.64. The molecule has 0 radical (unpaired) electrons. The third-order valence-electron chi connectivity index (χ3n) is 4.64. The molecule has 144 valence electrons. The third-order valence-corrected chi connectivity index (χ3v) is 4.64. The van der Waals surface area contributed by atoms with Crippen LogP contribution in [0.1, 0.15) is 64.1 Å². The minimum Gasteiger partial charge on any atom is -0.459 e. The highest BCUT2D eigenvalue weighted by Crippen LogP contribution is 2.35. The molecule has 28 heavy (non-hydrogen) atoms. The highest BCUT2D eigenvalue weighted by Gasteiger charge is 2.30. The van der Waals surface area contributed by atoms with E-state index >= 15 is 0 Å². The van der Waals surface area contributed by atoms with Gasteiger partial charge in [0, 0.05) is 11.3 Å². The molecule has 1 aliphatic carbocycles. The van der Waals surface area contributed by atoms with Gasteiger partial charge in [-0.2, -0.15) is 0 Å². The molecule has 1 fully saturated rings. The van der Waals surface area contributed by atoms with Gasteiger partial charge in [-0.3, -0.25) is 9.59 Å². The van der Waals surface area contributed by atoms with E-state index in [1.54, 1.807) is 35.0 Å². The number of benzene rings is 1. The molecular formula is C19H20N6O3. The van der Waals surface area contributed by atoms with Crippen molar-refractivity contribution in [3.05, 3.63) is 59.3 Å². The van der Waals surface area contributed by atoms with Crippen molar-refractivity contribution in [1.82, 2.24) is 25.5 Å². The predicted octanol–water partition coefficient (Wildman–Crippen LogP) is 2.65. The second-order valence-electron chi connectivity index (χ2n) is 6.87. The lowest BCUT2D eigenvalue weighted by molar-refractivity contribution is 0.0935. The van der Waals surface area contributed by atoms with Crippen molar-refractivity contribution in [2.45, 2.75) is 38.8 Å². The Hall–Kier alpha value is -3.49. The van der Waals surface area contributed by atoms with Gasteiger partial charge in [-0.25, -0.2) is 4.68 Å². The summed E-state index contributed by atoms with van der Waals surface area (Å²) in [6.45, 7) is 3.70. The Kier molecular flexibility index (Phi) is 4.64. The van der Waals surface area contributed by atoms with Gasteiger partial charge in [-0.1, -0.05) is 6.07 Å². The fourth-order valence-electron chi connectivity index (χ4n) is 2.90. The first-order valence-corrected chi connectivity index (χ1v) is 9.07. The van der Waals surface area contributed by atoms with Crippen molar-refractivity contribution in [3.8, 4) is 0 Å². The van der Waals surface area contributed by atoms with Crippen molar-refractivity contribution in [2.75, 3.05) is 5.32 Å². The normalized spacial score (nSPS) is 14.5. The van der Waals surface area contributed by atoms with Crippen LogP contribution < -0.4 is 10.6 Å². The van der Waals surface area contributed by atoms with Gasteiger partial charge in [0.05, 0.1) is 18.3 Å². The van der Waals surface area contributed by atoms with Crippen LogP contribution in [0.5, 0.6) is 0 Å².